The molecule has 0 radical (unpaired) electrons. The standard InChI is InChI=1S/C9H17N5S/c1-2-14(5-7-3-4-7)6-8-12-13-9(11-10)15-8/h7H,2-6,10H2,1H3,(H,11,13). The molecule has 3 N–H and O–H groups in total. The normalized spacial score (nSPS) is 15.9. The molecule has 1 heterocycles. The van der Waals surface area contributed by atoms with Crippen LogP contribution in [-0.2, 0) is 6.54 Å². The zero-order valence-corrected chi connectivity index (χ0v) is 9.76. The van der Waals surface area contributed by atoms with Crippen molar-refractivity contribution < 1.29 is 0 Å². The van der Waals surface area contributed by atoms with Crippen molar-refractivity contribution in [2.75, 3.05) is 18.5 Å². The summed E-state index contributed by atoms with van der Waals surface area (Å²) in [5.74, 6) is 6.18. The first-order valence-corrected chi connectivity index (χ1v) is 6.14. The predicted molar refractivity (Wildman–Crippen MR) is 61.4 cm³/mol. The second-order valence-electron chi connectivity index (χ2n) is 3.92. The number of anilines is 1. The molecule has 1 aliphatic rings. The van der Waals surface area contributed by atoms with Crippen molar-refractivity contribution in [3.05, 3.63) is 5.01 Å². The molecule has 0 aromatic carbocycles. The van der Waals surface area contributed by atoms with Crippen LogP contribution in [-0.4, -0.2) is 28.2 Å². The van der Waals surface area contributed by atoms with Crippen molar-refractivity contribution in [3.63, 3.8) is 0 Å². The Kier molecular flexibility index (Phi) is 3.50. The van der Waals surface area contributed by atoms with Crippen molar-refractivity contribution in [1.82, 2.24) is 15.1 Å². The molecule has 1 saturated carbocycles. The van der Waals surface area contributed by atoms with Crippen LogP contribution in [0.1, 0.15) is 24.8 Å². The first-order valence-electron chi connectivity index (χ1n) is 5.33. The number of nitrogens with one attached hydrogen (secondary N) is 1. The largest absolute Gasteiger partial charge is 0.298 e. The highest BCUT2D eigenvalue weighted by Gasteiger charge is 2.24. The second kappa shape index (κ2) is 4.87. The molecule has 15 heavy (non-hydrogen) atoms. The molecule has 0 spiro atoms. The van der Waals surface area contributed by atoms with Gasteiger partial charge in [-0.05, 0) is 25.3 Å². The summed E-state index contributed by atoms with van der Waals surface area (Å²) in [6.45, 7) is 5.35. The summed E-state index contributed by atoms with van der Waals surface area (Å²) in [5.41, 5.74) is 2.52. The number of nitrogens with zero attached hydrogens (tertiary/aromatic N) is 3. The van der Waals surface area contributed by atoms with Gasteiger partial charge in [0.25, 0.3) is 0 Å². The van der Waals surface area contributed by atoms with Gasteiger partial charge < -0.3 is 0 Å². The van der Waals surface area contributed by atoms with Gasteiger partial charge in [-0.15, -0.1) is 10.2 Å². The Bertz CT molecular complexity index is 309. The van der Waals surface area contributed by atoms with E-state index < -0.39 is 0 Å². The van der Waals surface area contributed by atoms with Crippen LogP contribution in [0.2, 0.25) is 0 Å². The van der Waals surface area contributed by atoms with Crippen LogP contribution >= 0.6 is 11.3 Å². The van der Waals surface area contributed by atoms with E-state index in [2.05, 4.69) is 27.4 Å². The third kappa shape index (κ3) is 3.12. The number of aromatic nitrogens is 2. The Morgan fingerprint density at radius 2 is 2.33 bits per heavy atom. The monoisotopic (exact) mass is 227 g/mol. The van der Waals surface area contributed by atoms with E-state index in [-0.39, 0.29) is 0 Å². The van der Waals surface area contributed by atoms with Crippen molar-refractivity contribution >= 4 is 16.5 Å². The average Bonchev–Trinajstić information content (AvgIpc) is 2.95. The second-order valence-corrected chi connectivity index (χ2v) is 4.98. The Labute approximate surface area is 93.6 Å². The number of nitrogen functional groups attached to an aromatic ring is 1. The molecule has 0 unspecified atom stereocenters. The third-order valence-electron chi connectivity index (χ3n) is 2.61. The first kappa shape index (κ1) is 10.8. The predicted octanol–water partition coefficient (Wildman–Crippen LogP) is 1.06. The van der Waals surface area contributed by atoms with E-state index in [4.69, 9.17) is 5.84 Å². The number of hydrazine groups is 1. The lowest BCUT2D eigenvalue weighted by molar-refractivity contribution is 0.267. The van der Waals surface area contributed by atoms with Crippen LogP contribution in [0.4, 0.5) is 5.13 Å². The molecular weight excluding hydrogens is 210 g/mol. The summed E-state index contributed by atoms with van der Waals surface area (Å²) in [6, 6.07) is 0. The van der Waals surface area contributed by atoms with Gasteiger partial charge in [0, 0.05) is 6.54 Å². The molecule has 0 bridgehead atoms. The first-order chi connectivity index (χ1) is 7.31. The molecule has 5 nitrogen and oxygen atoms in total. The van der Waals surface area contributed by atoms with Gasteiger partial charge in [0.15, 0.2) is 0 Å². The van der Waals surface area contributed by atoms with E-state index in [1.54, 1.807) is 0 Å². The molecule has 2 rings (SSSR count). The molecule has 1 aromatic heterocycles. The number of rotatable bonds is 6. The molecule has 6 heteroatoms. The summed E-state index contributed by atoms with van der Waals surface area (Å²) >= 11 is 1.52. The topological polar surface area (TPSA) is 67.1 Å². The Morgan fingerprint density at radius 3 is 2.87 bits per heavy atom. The van der Waals surface area contributed by atoms with E-state index in [0.717, 1.165) is 24.0 Å². The maximum atomic E-state index is 5.26. The minimum absolute atomic E-state index is 0.687. The number of nitrogens with two attached hydrogens (primary N) is 1. The van der Waals surface area contributed by atoms with E-state index >= 15 is 0 Å². The minimum Gasteiger partial charge on any atom is -0.298 e. The maximum absolute atomic E-state index is 5.26. The van der Waals surface area contributed by atoms with Gasteiger partial charge >= 0.3 is 0 Å². The average molecular weight is 227 g/mol. The molecule has 1 fully saturated rings. The highest BCUT2D eigenvalue weighted by Crippen LogP contribution is 2.30. The fraction of sp³-hybridized carbons (Fsp3) is 0.778. The molecule has 1 aliphatic carbocycles. The van der Waals surface area contributed by atoms with Gasteiger partial charge in [-0.1, -0.05) is 18.3 Å². The number of hydrogen-bond acceptors (Lipinski definition) is 6. The zero-order chi connectivity index (χ0) is 10.7. The van der Waals surface area contributed by atoms with Crippen LogP contribution in [0.3, 0.4) is 0 Å². The van der Waals surface area contributed by atoms with Crippen molar-refractivity contribution in [3.8, 4) is 0 Å². The van der Waals surface area contributed by atoms with Gasteiger partial charge in [-0.3, -0.25) is 10.3 Å². The molecule has 0 amide bonds. The quantitative estimate of drug-likeness (QED) is 0.562. The highest BCUT2D eigenvalue weighted by molar-refractivity contribution is 7.15. The highest BCUT2D eigenvalue weighted by atomic mass is 32.1. The molecule has 84 valence electrons. The van der Waals surface area contributed by atoms with Crippen LogP contribution in [0.25, 0.3) is 0 Å². The lowest BCUT2D eigenvalue weighted by Crippen LogP contribution is -2.25. The summed E-state index contributed by atoms with van der Waals surface area (Å²) in [5, 5.41) is 9.73. The lowest BCUT2D eigenvalue weighted by Gasteiger charge is -2.17. The van der Waals surface area contributed by atoms with Crippen LogP contribution in [0, 0.1) is 5.92 Å². The molecular formula is C9H17N5S. The van der Waals surface area contributed by atoms with Gasteiger partial charge in [0.1, 0.15) is 5.01 Å². The fourth-order valence-electron chi connectivity index (χ4n) is 1.54. The maximum Gasteiger partial charge on any atom is 0.219 e. The van der Waals surface area contributed by atoms with E-state index in [1.165, 1.54) is 30.7 Å². The summed E-state index contributed by atoms with van der Waals surface area (Å²) < 4.78 is 0. The smallest absolute Gasteiger partial charge is 0.219 e. The van der Waals surface area contributed by atoms with Crippen LogP contribution < -0.4 is 11.3 Å². The van der Waals surface area contributed by atoms with Gasteiger partial charge in [0.2, 0.25) is 5.13 Å². The molecule has 0 aliphatic heterocycles. The van der Waals surface area contributed by atoms with Gasteiger partial charge in [-0.2, -0.15) is 0 Å². The zero-order valence-electron chi connectivity index (χ0n) is 8.94. The minimum atomic E-state index is 0.687. The Balaban J connectivity index is 1.86. The SMILES string of the molecule is CCN(Cc1nnc(NN)s1)CC1CC1. The van der Waals surface area contributed by atoms with E-state index in [1.807, 2.05) is 0 Å². The van der Waals surface area contributed by atoms with E-state index in [0.29, 0.717) is 5.13 Å². The Hall–Kier alpha value is -0.720. The molecule has 0 saturated heterocycles. The molecule has 0 atom stereocenters. The van der Waals surface area contributed by atoms with Crippen molar-refractivity contribution in [2.24, 2.45) is 11.8 Å². The summed E-state index contributed by atoms with van der Waals surface area (Å²) in [7, 11) is 0. The van der Waals surface area contributed by atoms with Gasteiger partial charge in [0.05, 0.1) is 6.54 Å². The van der Waals surface area contributed by atoms with Crippen molar-refractivity contribution in [1.29, 1.82) is 0 Å². The fourth-order valence-corrected chi connectivity index (χ4v) is 2.23. The van der Waals surface area contributed by atoms with Crippen LogP contribution in [0.5, 0.6) is 0 Å². The summed E-state index contributed by atoms with van der Waals surface area (Å²) in [6.07, 6.45) is 2.78. The van der Waals surface area contributed by atoms with E-state index in [9.17, 15) is 0 Å². The number of hydrogen-bond donors (Lipinski definition) is 2. The van der Waals surface area contributed by atoms with Crippen LogP contribution in [0.15, 0.2) is 0 Å². The van der Waals surface area contributed by atoms with Crippen molar-refractivity contribution in [2.45, 2.75) is 26.3 Å². The Morgan fingerprint density at radius 1 is 1.53 bits per heavy atom. The third-order valence-corrected chi connectivity index (χ3v) is 3.45. The summed E-state index contributed by atoms with van der Waals surface area (Å²) in [4.78, 5) is 2.42. The molecule has 1 aromatic rings. The lowest BCUT2D eigenvalue weighted by atomic mass is 10.3. The van der Waals surface area contributed by atoms with Gasteiger partial charge in [-0.25, -0.2) is 5.84 Å².